The van der Waals surface area contributed by atoms with Crippen LogP contribution in [0.1, 0.15) is 10.4 Å². The maximum Gasteiger partial charge on any atom is 0.257 e. The maximum absolute atomic E-state index is 11.9. The molecular weight excluding hydrogens is 282 g/mol. The van der Waals surface area contributed by atoms with E-state index < -0.39 is 0 Å². The summed E-state index contributed by atoms with van der Waals surface area (Å²) in [7, 11) is 0. The molecule has 6 heteroatoms. The third-order valence-corrected chi connectivity index (χ3v) is 2.66. The highest BCUT2D eigenvalue weighted by Gasteiger charge is 2.08. The Kier molecular flexibility index (Phi) is 4.43. The number of hydrogen-bond donors (Lipinski definition) is 2. The molecule has 1 aromatic carbocycles. The number of rotatable bonds is 2. The van der Waals surface area contributed by atoms with E-state index >= 15 is 0 Å². The average molecular weight is 292 g/mol. The highest BCUT2D eigenvalue weighted by Crippen LogP contribution is 2.10. The Hall–Kier alpha value is -1.98. The van der Waals surface area contributed by atoms with Gasteiger partial charge in [-0.25, -0.2) is 4.98 Å². The Labute approximate surface area is 120 Å². The molecule has 0 aliphatic heterocycles. The molecule has 0 fully saturated rings. The second kappa shape index (κ2) is 6.26. The molecule has 2 rings (SSSR count). The highest BCUT2D eigenvalue weighted by atomic mass is 35.5. The molecule has 0 aliphatic rings. The van der Waals surface area contributed by atoms with Gasteiger partial charge in [0, 0.05) is 16.8 Å². The summed E-state index contributed by atoms with van der Waals surface area (Å²) in [6.45, 7) is 0. The van der Waals surface area contributed by atoms with Gasteiger partial charge >= 0.3 is 0 Å². The first-order valence-corrected chi connectivity index (χ1v) is 6.23. The maximum atomic E-state index is 11.9. The summed E-state index contributed by atoms with van der Waals surface area (Å²) in [5, 5.41) is 6.05. The van der Waals surface area contributed by atoms with Crippen LogP contribution in [0.4, 0.5) is 5.82 Å². The predicted molar refractivity (Wildman–Crippen MR) is 79.4 cm³/mol. The third kappa shape index (κ3) is 4.01. The summed E-state index contributed by atoms with van der Waals surface area (Å²) in [5.41, 5.74) is 0.442. The second-order valence-corrected chi connectivity index (χ2v) is 4.48. The van der Waals surface area contributed by atoms with Crippen LogP contribution in [0.25, 0.3) is 0 Å². The summed E-state index contributed by atoms with van der Waals surface area (Å²) < 4.78 is 0. The van der Waals surface area contributed by atoms with Crippen LogP contribution in [-0.4, -0.2) is 16.0 Å². The van der Waals surface area contributed by atoms with Crippen LogP contribution in [0.5, 0.6) is 0 Å². The van der Waals surface area contributed by atoms with E-state index in [1.807, 2.05) is 6.07 Å². The molecule has 2 aromatic rings. The molecule has 0 saturated carbocycles. The largest absolute Gasteiger partial charge is 0.317 e. The average Bonchev–Trinajstić information content (AvgIpc) is 2.39. The van der Waals surface area contributed by atoms with Crippen LogP contribution in [-0.2, 0) is 0 Å². The van der Waals surface area contributed by atoms with E-state index in [-0.39, 0.29) is 11.0 Å². The highest BCUT2D eigenvalue weighted by molar-refractivity contribution is 7.80. The number of benzene rings is 1. The number of aromatic nitrogens is 1. The summed E-state index contributed by atoms with van der Waals surface area (Å²) in [5.74, 6) is 0.245. The van der Waals surface area contributed by atoms with Gasteiger partial charge in [-0.15, -0.1) is 0 Å². The molecule has 2 N–H and O–H groups in total. The van der Waals surface area contributed by atoms with Gasteiger partial charge in [0.05, 0.1) is 0 Å². The summed E-state index contributed by atoms with van der Waals surface area (Å²) in [6, 6.07) is 12.0. The number of halogens is 1. The lowest BCUT2D eigenvalue weighted by Crippen LogP contribution is -2.34. The Morgan fingerprint density at radius 1 is 1.21 bits per heavy atom. The molecule has 0 atom stereocenters. The van der Waals surface area contributed by atoms with Gasteiger partial charge in [0.1, 0.15) is 5.82 Å². The lowest BCUT2D eigenvalue weighted by molar-refractivity contribution is 0.0977. The molecule has 1 amide bonds. The number of pyridine rings is 1. The summed E-state index contributed by atoms with van der Waals surface area (Å²) >= 11 is 10.8. The van der Waals surface area contributed by atoms with Gasteiger partial charge in [0.2, 0.25) is 0 Å². The number of carbonyl (C=O) groups is 1. The zero-order chi connectivity index (χ0) is 13.7. The lowest BCUT2D eigenvalue weighted by Gasteiger charge is -2.08. The number of anilines is 1. The van der Waals surface area contributed by atoms with Gasteiger partial charge in [-0.05, 0) is 42.5 Å². The zero-order valence-corrected chi connectivity index (χ0v) is 11.3. The van der Waals surface area contributed by atoms with Crippen molar-refractivity contribution in [3.8, 4) is 0 Å². The van der Waals surface area contributed by atoms with Gasteiger partial charge < -0.3 is 5.32 Å². The molecule has 0 saturated heterocycles. The van der Waals surface area contributed by atoms with Crippen LogP contribution in [0.15, 0.2) is 48.7 Å². The lowest BCUT2D eigenvalue weighted by atomic mass is 10.2. The molecule has 0 bridgehead atoms. The smallest absolute Gasteiger partial charge is 0.257 e. The SMILES string of the molecule is O=C(NC(=S)Nc1ccccn1)c1cccc(Cl)c1. The minimum Gasteiger partial charge on any atom is -0.317 e. The molecule has 0 unspecified atom stereocenters. The molecule has 1 heterocycles. The molecule has 19 heavy (non-hydrogen) atoms. The van der Waals surface area contributed by atoms with Gasteiger partial charge in [0.25, 0.3) is 5.91 Å². The fourth-order valence-corrected chi connectivity index (χ4v) is 1.78. The Balaban J connectivity index is 1.98. The minimum absolute atomic E-state index is 0.184. The van der Waals surface area contributed by atoms with Crippen molar-refractivity contribution in [2.24, 2.45) is 0 Å². The standard InChI is InChI=1S/C13H10ClN3OS/c14-10-5-3-4-9(8-10)12(18)17-13(19)16-11-6-1-2-7-15-11/h1-8H,(H2,15,16,17,18,19). The van der Waals surface area contributed by atoms with Gasteiger partial charge in [-0.1, -0.05) is 23.7 Å². The van der Waals surface area contributed by atoms with E-state index in [4.69, 9.17) is 23.8 Å². The van der Waals surface area contributed by atoms with E-state index in [0.29, 0.717) is 16.4 Å². The molecule has 0 aliphatic carbocycles. The monoisotopic (exact) mass is 291 g/mol. The van der Waals surface area contributed by atoms with E-state index in [2.05, 4.69) is 15.6 Å². The fraction of sp³-hybridized carbons (Fsp3) is 0. The molecule has 4 nitrogen and oxygen atoms in total. The number of nitrogens with one attached hydrogen (secondary N) is 2. The molecule has 0 spiro atoms. The topological polar surface area (TPSA) is 54.0 Å². The minimum atomic E-state index is -0.323. The Bertz CT molecular complexity index is 604. The number of hydrogen-bond acceptors (Lipinski definition) is 3. The van der Waals surface area contributed by atoms with Crippen molar-refractivity contribution in [2.45, 2.75) is 0 Å². The first kappa shape index (κ1) is 13.5. The van der Waals surface area contributed by atoms with Crippen molar-refractivity contribution in [1.29, 1.82) is 0 Å². The van der Waals surface area contributed by atoms with Crippen molar-refractivity contribution in [2.75, 3.05) is 5.32 Å². The van der Waals surface area contributed by atoms with E-state index in [1.54, 1.807) is 42.6 Å². The van der Waals surface area contributed by atoms with E-state index in [0.717, 1.165) is 0 Å². The van der Waals surface area contributed by atoms with Crippen molar-refractivity contribution in [3.05, 3.63) is 59.2 Å². The van der Waals surface area contributed by atoms with Crippen molar-refractivity contribution in [1.82, 2.24) is 10.3 Å². The van der Waals surface area contributed by atoms with Crippen LogP contribution >= 0.6 is 23.8 Å². The van der Waals surface area contributed by atoms with Crippen LogP contribution in [0.2, 0.25) is 5.02 Å². The van der Waals surface area contributed by atoms with Crippen molar-refractivity contribution >= 4 is 40.7 Å². The Morgan fingerprint density at radius 2 is 2.05 bits per heavy atom. The normalized spacial score (nSPS) is 9.74. The van der Waals surface area contributed by atoms with Gasteiger partial charge in [0.15, 0.2) is 5.11 Å². The second-order valence-electron chi connectivity index (χ2n) is 3.63. The fourth-order valence-electron chi connectivity index (χ4n) is 1.39. The molecule has 0 radical (unpaired) electrons. The van der Waals surface area contributed by atoms with Crippen molar-refractivity contribution in [3.63, 3.8) is 0 Å². The molecular formula is C13H10ClN3OS. The van der Waals surface area contributed by atoms with E-state index in [1.165, 1.54) is 0 Å². The predicted octanol–water partition coefficient (Wildman–Crippen LogP) is 2.86. The van der Waals surface area contributed by atoms with Crippen LogP contribution < -0.4 is 10.6 Å². The van der Waals surface area contributed by atoms with Crippen molar-refractivity contribution < 1.29 is 4.79 Å². The first-order valence-electron chi connectivity index (χ1n) is 5.44. The molecule has 96 valence electrons. The van der Waals surface area contributed by atoms with Crippen LogP contribution in [0.3, 0.4) is 0 Å². The van der Waals surface area contributed by atoms with Gasteiger partial charge in [-0.2, -0.15) is 0 Å². The van der Waals surface area contributed by atoms with Gasteiger partial charge in [-0.3, -0.25) is 10.1 Å². The first-order chi connectivity index (χ1) is 9.15. The molecule has 1 aromatic heterocycles. The van der Waals surface area contributed by atoms with E-state index in [9.17, 15) is 4.79 Å². The summed E-state index contributed by atoms with van der Waals surface area (Å²) in [4.78, 5) is 15.9. The van der Waals surface area contributed by atoms with Crippen LogP contribution in [0, 0.1) is 0 Å². The number of carbonyl (C=O) groups excluding carboxylic acids is 1. The summed E-state index contributed by atoms with van der Waals surface area (Å²) in [6.07, 6.45) is 1.63. The number of nitrogens with zero attached hydrogens (tertiary/aromatic N) is 1. The number of amides is 1. The quantitative estimate of drug-likeness (QED) is 0.836. The third-order valence-electron chi connectivity index (χ3n) is 2.22. The number of thiocarbonyl (C=S) groups is 1. The zero-order valence-electron chi connectivity index (χ0n) is 9.76. The Morgan fingerprint density at radius 3 is 2.74 bits per heavy atom.